The molecule has 0 spiro atoms. The zero-order valence-corrected chi connectivity index (χ0v) is 13.6. The van der Waals surface area contributed by atoms with Crippen LogP contribution in [-0.4, -0.2) is 21.9 Å². The lowest BCUT2D eigenvalue weighted by molar-refractivity contribution is 0.0697. The monoisotopic (exact) mass is 318 g/mol. The van der Waals surface area contributed by atoms with Crippen molar-refractivity contribution in [1.82, 2.24) is 4.57 Å². The number of hydrogen-bond donors (Lipinski definition) is 1. The van der Waals surface area contributed by atoms with E-state index >= 15 is 0 Å². The van der Waals surface area contributed by atoms with Crippen molar-refractivity contribution in [2.75, 3.05) is 0 Å². The van der Waals surface area contributed by atoms with E-state index in [4.69, 9.17) is 5.11 Å². The Morgan fingerprint density at radius 1 is 1.04 bits per heavy atom. The number of carboxylic acid groups (broad SMARTS) is 1. The third-order valence-corrected chi connectivity index (χ3v) is 3.91. The molecule has 24 heavy (non-hydrogen) atoms. The van der Waals surface area contributed by atoms with Gasteiger partial charge in [-0.15, -0.1) is 0 Å². The predicted molar refractivity (Wildman–Crippen MR) is 95.9 cm³/mol. The molecule has 0 aliphatic carbocycles. The fraction of sp³-hybridized carbons (Fsp3) is 0.100. The molecule has 3 aromatic rings. The Labute approximate surface area is 140 Å². The van der Waals surface area contributed by atoms with Crippen LogP contribution in [0.4, 0.5) is 5.69 Å². The largest absolute Gasteiger partial charge is 0.478 e. The van der Waals surface area contributed by atoms with Gasteiger partial charge in [-0.2, -0.15) is 0 Å². The molecule has 1 aromatic heterocycles. The highest BCUT2D eigenvalue weighted by Crippen LogP contribution is 2.21. The number of carboxylic acids is 1. The second-order valence-electron chi connectivity index (χ2n) is 5.64. The normalized spacial score (nSPS) is 11.1. The maximum atomic E-state index is 11.1. The Morgan fingerprint density at radius 2 is 1.79 bits per heavy atom. The topological polar surface area (TPSA) is 54.6 Å². The molecule has 0 unspecified atom stereocenters. The average Bonchev–Trinajstić information content (AvgIpc) is 2.95. The summed E-state index contributed by atoms with van der Waals surface area (Å²) < 4.78 is 2.11. The minimum atomic E-state index is -0.949. The lowest BCUT2D eigenvalue weighted by atomic mass is 10.1. The van der Waals surface area contributed by atoms with E-state index < -0.39 is 5.97 Å². The maximum Gasteiger partial charge on any atom is 0.335 e. The van der Waals surface area contributed by atoms with Gasteiger partial charge in [0, 0.05) is 11.4 Å². The van der Waals surface area contributed by atoms with Crippen LogP contribution in [0.15, 0.2) is 65.7 Å². The molecule has 0 aliphatic heterocycles. The molecule has 4 nitrogen and oxygen atoms in total. The van der Waals surface area contributed by atoms with Gasteiger partial charge in [0.05, 0.1) is 23.2 Å². The second-order valence-corrected chi connectivity index (χ2v) is 5.64. The van der Waals surface area contributed by atoms with Crippen LogP contribution in [0.5, 0.6) is 0 Å². The molecule has 0 radical (unpaired) electrons. The maximum absolute atomic E-state index is 11.1. The SMILES string of the molecule is Cc1ccc(C(=O)O)cc1N=Cc1ccc(C)n1-c1ccccc1. The molecule has 0 saturated carbocycles. The van der Waals surface area contributed by atoms with Crippen LogP contribution in [0.1, 0.15) is 27.3 Å². The fourth-order valence-electron chi connectivity index (χ4n) is 2.61. The Hall–Kier alpha value is -3.14. The summed E-state index contributed by atoms with van der Waals surface area (Å²) >= 11 is 0. The smallest absolute Gasteiger partial charge is 0.335 e. The summed E-state index contributed by atoms with van der Waals surface area (Å²) in [5.74, 6) is -0.949. The Morgan fingerprint density at radius 3 is 2.50 bits per heavy atom. The van der Waals surface area contributed by atoms with E-state index in [-0.39, 0.29) is 5.56 Å². The highest BCUT2D eigenvalue weighted by atomic mass is 16.4. The van der Waals surface area contributed by atoms with Gasteiger partial charge < -0.3 is 9.67 Å². The van der Waals surface area contributed by atoms with Gasteiger partial charge in [0.25, 0.3) is 0 Å². The van der Waals surface area contributed by atoms with Crippen molar-refractivity contribution in [1.29, 1.82) is 0 Å². The molecule has 3 rings (SSSR count). The van der Waals surface area contributed by atoms with Crippen molar-refractivity contribution in [3.8, 4) is 5.69 Å². The van der Waals surface area contributed by atoms with Crippen LogP contribution in [0.25, 0.3) is 5.69 Å². The fourth-order valence-corrected chi connectivity index (χ4v) is 2.61. The molecule has 2 aromatic carbocycles. The zero-order valence-electron chi connectivity index (χ0n) is 13.6. The van der Waals surface area contributed by atoms with Gasteiger partial charge in [0.1, 0.15) is 0 Å². The summed E-state index contributed by atoms with van der Waals surface area (Å²) in [6, 6.07) is 19.1. The molecule has 0 bridgehead atoms. The molecule has 0 amide bonds. The molecule has 4 heteroatoms. The van der Waals surface area contributed by atoms with Crippen LogP contribution in [0.2, 0.25) is 0 Å². The summed E-state index contributed by atoms with van der Waals surface area (Å²) in [6.07, 6.45) is 1.77. The number of rotatable bonds is 4. The standard InChI is InChI=1S/C20H18N2O2/c1-14-8-10-16(20(23)24)12-19(14)21-13-18-11-9-15(2)22(18)17-6-4-3-5-7-17/h3-13H,1-2H3,(H,23,24). The van der Waals surface area contributed by atoms with Crippen molar-refractivity contribution in [2.45, 2.75) is 13.8 Å². The number of hydrogen-bond acceptors (Lipinski definition) is 2. The zero-order chi connectivity index (χ0) is 17.1. The van der Waals surface area contributed by atoms with E-state index in [0.717, 1.165) is 22.6 Å². The average molecular weight is 318 g/mol. The minimum absolute atomic E-state index is 0.238. The van der Waals surface area contributed by atoms with Crippen molar-refractivity contribution in [2.24, 2.45) is 4.99 Å². The van der Waals surface area contributed by atoms with Crippen LogP contribution >= 0.6 is 0 Å². The van der Waals surface area contributed by atoms with Crippen molar-refractivity contribution >= 4 is 17.9 Å². The van der Waals surface area contributed by atoms with Gasteiger partial charge >= 0.3 is 5.97 Å². The number of aryl methyl sites for hydroxylation is 2. The number of aromatic nitrogens is 1. The van der Waals surface area contributed by atoms with E-state index in [9.17, 15) is 4.79 Å². The number of benzene rings is 2. The molecule has 1 heterocycles. The summed E-state index contributed by atoms with van der Waals surface area (Å²) in [6.45, 7) is 3.96. The van der Waals surface area contributed by atoms with Crippen LogP contribution in [0.3, 0.4) is 0 Å². The molecule has 0 aliphatic rings. The quantitative estimate of drug-likeness (QED) is 0.718. The van der Waals surface area contributed by atoms with Crippen LogP contribution < -0.4 is 0 Å². The molecular weight excluding hydrogens is 300 g/mol. The highest BCUT2D eigenvalue weighted by molar-refractivity contribution is 5.89. The molecule has 0 fully saturated rings. The molecule has 0 saturated heterocycles. The lowest BCUT2D eigenvalue weighted by Gasteiger charge is -2.09. The van der Waals surface area contributed by atoms with Gasteiger partial charge in [-0.05, 0) is 55.8 Å². The molecule has 120 valence electrons. The first-order valence-corrected chi connectivity index (χ1v) is 7.68. The predicted octanol–water partition coefficient (Wildman–Crippen LogP) is 4.54. The number of aromatic carboxylic acids is 1. The number of para-hydroxylation sites is 1. The first kappa shape index (κ1) is 15.7. The van der Waals surface area contributed by atoms with Gasteiger partial charge in [0.2, 0.25) is 0 Å². The van der Waals surface area contributed by atoms with Crippen LogP contribution in [-0.2, 0) is 0 Å². The number of aliphatic imine (C=N–C) groups is 1. The van der Waals surface area contributed by atoms with Gasteiger partial charge in [-0.3, -0.25) is 4.99 Å². The third kappa shape index (κ3) is 3.13. The van der Waals surface area contributed by atoms with E-state index in [1.54, 1.807) is 24.4 Å². The summed E-state index contributed by atoms with van der Waals surface area (Å²) in [7, 11) is 0. The highest BCUT2D eigenvalue weighted by Gasteiger charge is 2.07. The minimum Gasteiger partial charge on any atom is -0.478 e. The molecule has 0 atom stereocenters. The first-order chi connectivity index (χ1) is 11.6. The first-order valence-electron chi connectivity index (χ1n) is 7.68. The molecular formula is C20H18N2O2. The van der Waals surface area contributed by atoms with Crippen molar-refractivity contribution in [3.05, 3.63) is 83.2 Å². The van der Waals surface area contributed by atoms with Gasteiger partial charge in [0.15, 0.2) is 0 Å². The Balaban J connectivity index is 2.00. The van der Waals surface area contributed by atoms with Gasteiger partial charge in [-0.1, -0.05) is 24.3 Å². The Kier molecular flexibility index (Phi) is 4.29. The van der Waals surface area contributed by atoms with Crippen molar-refractivity contribution < 1.29 is 9.90 Å². The van der Waals surface area contributed by atoms with E-state index in [0.29, 0.717) is 5.69 Å². The lowest BCUT2D eigenvalue weighted by Crippen LogP contribution is -2.01. The molecule has 1 N–H and O–H groups in total. The summed E-state index contributed by atoms with van der Waals surface area (Å²) in [5.41, 5.74) is 4.96. The Bertz CT molecular complexity index is 909. The number of carbonyl (C=O) groups is 1. The summed E-state index contributed by atoms with van der Waals surface area (Å²) in [5, 5.41) is 9.13. The summed E-state index contributed by atoms with van der Waals surface area (Å²) in [4.78, 5) is 15.6. The van der Waals surface area contributed by atoms with E-state index in [2.05, 4.69) is 9.56 Å². The second kappa shape index (κ2) is 6.54. The number of nitrogens with zero attached hydrogens (tertiary/aromatic N) is 2. The van der Waals surface area contributed by atoms with Gasteiger partial charge in [-0.25, -0.2) is 4.79 Å². The van der Waals surface area contributed by atoms with E-state index in [1.165, 1.54) is 0 Å². The van der Waals surface area contributed by atoms with E-state index in [1.807, 2.05) is 56.3 Å². The van der Waals surface area contributed by atoms with Crippen molar-refractivity contribution in [3.63, 3.8) is 0 Å². The van der Waals surface area contributed by atoms with Crippen LogP contribution in [0, 0.1) is 13.8 Å². The third-order valence-electron chi connectivity index (χ3n) is 3.91.